The molecule has 0 saturated heterocycles. The van der Waals surface area contributed by atoms with Crippen LogP contribution in [-0.4, -0.2) is 42.5 Å². The largest absolute Gasteiger partial charge is 0.486 e. The number of benzene rings is 1. The van der Waals surface area contributed by atoms with Crippen LogP contribution in [0.15, 0.2) is 35.5 Å². The van der Waals surface area contributed by atoms with Crippen molar-refractivity contribution in [1.29, 1.82) is 0 Å². The zero-order valence-electron chi connectivity index (χ0n) is 13.1. The second-order valence-electron chi connectivity index (χ2n) is 5.20. The Hall–Kier alpha value is -2.06. The van der Waals surface area contributed by atoms with Crippen molar-refractivity contribution in [2.45, 2.75) is 24.9 Å². The Balaban J connectivity index is 1.85. The molecule has 0 radical (unpaired) electrons. The number of nitrogens with zero attached hydrogens (tertiary/aromatic N) is 3. The molecule has 23 heavy (non-hydrogen) atoms. The summed E-state index contributed by atoms with van der Waals surface area (Å²) in [5, 5.41) is 0. The Kier molecular flexibility index (Phi) is 4.27. The minimum Gasteiger partial charge on any atom is -0.486 e. The fourth-order valence-electron chi connectivity index (χ4n) is 2.43. The number of fused-ring (bicyclic) bond motifs is 1. The van der Waals surface area contributed by atoms with E-state index >= 15 is 0 Å². The van der Waals surface area contributed by atoms with Crippen LogP contribution in [-0.2, 0) is 23.1 Å². The molecule has 0 atom stereocenters. The van der Waals surface area contributed by atoms with Crippen molar-refractivity contribution in [3.63, 3.8) is 0 Å². The molecule has 1 aromatic heterocycles. The molecule has 0 spiro atoms. The summed E-state index contributed by atoms with van der Waals surface area (Å²) in [4.78, 5) is 4.40. The molecule has 2 heterocycles. The van der Waals surface area contributed by atoms with Gasteiger partial charge in [-0.15, -0.1) is 0 Å². The van der Waals surface area contributed by atoms with E-state index in [9.17, 15) is 8.42 Å². The van der Waals surface area contributed by atoms with E-state index in [2.05, 4.69) is 4.98 Å². The van der Waals surface area contributed by atoms with Crippen LogP contribution in [0.1, 0.15) is 12.7 Å². The van der Waals surface area contributed by atoms with Crippen molar-refractivity contribution in [3.8, 4) is 11.5 Å². The summed E-state index contributed by atoms with van der Waals surface area (Å²) in [6, 6.07) is 4.67. The van der Waals surface area contributed by atoms with Crippen LogP contribution in [0, 0.1) is 0 Å². The number of hydrogen-bond donors (Lipinski definition) is 0. The van der Waals surface area contributed by atoms with Gasteiger partial charge in [-0.1, -0.05) is 0 Å². The third kappa shape index (κ3) is 3.04. The number of rotatable bonds is 5. The van der Waals surface area contributed by atoms with E-state index in [1.54, 1.807) is 19.3 Å². The third-order valence-corrected chi connectivity index (χ3v) is 5.53. The lowest BCUT2D eigenvalue weighted by atomic mass is 10.3. The van der Waals surface area contributed by atoms with Gasteiger partial charge >= 0.3 is 0 Å². The molecule has 0 amide bonds. The molecule has 0 N–H and O–H groups in total. The number of sulfonamides is 1. The lowest BCUT2D eigenvalue weighted by Gasteiger charge is -2.21. The fourth-order valence-corrected chi connectivity index (χ4v) is 3.57. The van der Waals surface area contributed by atoms with Gasteiger partial charge in [-0.05, 0) is 19.1 Å². The number of aryl methyl sites for hydroxylation is 1. The molecule has 7 nitrogen and oxygen atoms in total. The summed E-state index contributed by atoms with van der Waals surface area (Å²) >= 11 is 0. The highest BCUT2D eigenvalue weighted by Gasteiger charge is 2.24. The first-order chi connectivity index (χ1) is 11.0. The van der Waals surface area contributed by atoms with Crippen LogP contribution >= 0.6 is 0 Å². The second-order valence-corrected chi connectivity index (χ2v) is 7.24. The SMILES string of the molecule is CCn1ccnc1CN(C)S(=O)(=O)c1ccc2c(c1)OCCO2. The van der Waals surface area contributed by atoms with E-state index in [0.29, 0.717) is 30.5 Å². The van der Waals surface area contributed by atoms with E-state index in [1.165, 1.54) is 16.4 Å². The Labute approximate surface area is 135 Å². The van der Waals surface area contributed by atoms with Crippen molar-refractivity contribution in [2.24, 2.45) is 0 Å². The van der Waals surface area contributed by atoms with Crippen LogP contribution in [0.4, 0.5) is 0 Å². The van der Waals surface area contributed by atoms with Crippen molar-refractivity contribution in [3.05, 3.63) is 36.4 Å². The van der Waals surface area contributed by atoms with Gasteiger partial charge < -0.3 is 14.0 Å². The van der Waals surface area contributed by atoms with Gasteiger partial charge in [0, 0.05) is 32.1 Å². The first kappa shape index (κ1) is 15.8. The van der Waals surface area contributed by atoms with Gasteiger partial charge in [0.25, 0.3) is 0 Å². The summed E-state index contributed by atoms with van der Waals surface area (Å²) in [5.41, 5.74) is 0. The van der Waals surface area contributed by atoms with Gasteiger partial charge in [0.1, 0.15) is 19.0 Å². The maximum absolute atomic E-state index is 12.7. The van der Waals surface area contributed by atoms with Crippen molar-refractivity contribution in [2.75, 3.05) is 20.3 Å². The molecule has 1 aromatic carbocycles. The van der Waals surface area contributed by atoms with E-state index in [-0.39, 0.29) is 11.4 Å². The van der Waals surface area contributed by atoms with Crippen LogP contribution < -0.4 is 9.47 Å². The highest BCUT2D eigenvalue weighted by molar-refractivity contribution is 7.89. The molecule has 1 aliphatic rings. The smallest absolute Gasteiger partial charge is 0.243 e. The zero-order valence-corrected chi connectivity index (χ0v) is 13.9. The van der Waals surface area contributed by atoms with Gasteiger partial charge in [-0.25, -0.2) is 13.4 Å². The van der Waals surface area contributed by atoms with Crippen LogP contribution in [0.5, 0.6) is 11.5 Å². The molecule has 0 unspecified atom stereocenters. The quantitative estimate of drug-likeness (QED) is 0.826. The normalized spacial score (nSPS) is 14.2. The van der Waals surface area contributed by atoms with Crippen LogP contribution in [0.2, 0.25) is 0 Å². The van der Waals surface area contributed by atoms with E-state index in [1.807, 2.05) is 17.7 Å². The first-order valence-electron chi connectivity index (χ1n) is 7.38. The minimum atomic E-state index is -3.63. The molecule has 0 fully saturated rings. The molecule has 124 valence electrons. The van der Waals surface area contributed by atoms with E-state index in [0.717, 1.165) is 6.54 Å². The highest BCUT2D eigenvalue weighted by Crippen LogP contribution is 2.33. The summed E-state index contributed by atoms with van der Waals surface area (Å²) in [6.07, 6.45) is 3.50. The minimum absolute atomic E-state index is 0.179. The predicted octanol–water partition coefficient (Wildman–Crippen LogP) is 1.49. The van der Waals surface area contributed by atoms with Gasteiger partial charge in [-0.3, -0.25) is 0 Å². The van der Waals surface area contributed by atoms with Crippen LogP contribution in [0.3, 0.4) is 0 Å². The zero-order chi connectivity index (χ0) is 16.4. The van der Waals surface area contributed by atoms with Gasteiger partial charge in [0.2, 0.25) is 10.0 Å². The lowest BCUT2D eigenvalue weighted by molar-refractivity contribution is 0.171. The van der Waals surface area contributed by atoms with E-state index < -0.39 is 10.0 Å². The lowest BCUT2D eigenvalue weighted by Crippen LogP contribution is -2.28. The van der Waals surface area contributed by atoms with Crippen molar-refractivity contribution >= 4 is 10.0 Å². The monoisotopic (exact) mass is 337 g/mol. The standard InChI is InChI=1S/C15H19N3O4S/c1-3-18-7-6-16-15(18)11-17(2)23(19,20)12-4-5-13-14(10-12)22-9-8-21-13/h4-7,10H,3,8-9,11H2,1-2H3. The maximum atomic E-state index is 12.7. The van der Waals surface area contributed by atoms with E-state index in [4.69, 9.17) is 9.47 Å². The van der Waals surface area contributed by atoms with Crippen molar-refractivity contribution in [1.82, 2.24) is 13.9 Å². The Morgan fingerprint density at radius 1 is 1.26 bits per heavy atom. The van der Waals surface area contributed by atoms with Gasteiger partial charge in [0.05, 0.1) is 11.4 Å². The van der Waals surface area contributed by atoms with Crippen molar-refractivity contribution < 1.29 is 17.9 Å². The topological polar surface area (TPSA) is 73.7 Å². The van der Waals surface area contributed by atoms with Crippen LogP contribution in [0.25, 0.3) is 0 Å². The fraction of sp³-hybridized carbons (Fsp3) is 0.400. The number of aromatic nitrogens is 2. The molecular weight excluding hydrogens is 318 g/mol. The molecule has 0 aliphatic carbocycles. The first-order valence-corrected chi connectivity index (χ1v) is 8.82. The number of imidazole rings is 1. The Morgan fingerprint density at radius 3 is 2.74 bits per heavy atom. The maximum Gasteiger partial charge on any atom is 0.243 e. The number of hydrogen-bond acceptors (Lipinski definition) is 5. The molecule has 1 aliphatic heterocycles. The average molecular weight is 337 g/mol. The summed E-state index contributed by atoms with van der Waals surface area (Å²) in [5.74, 6) is 1.73. The molecule has 3 rings (SSSR count). The molecule has 8 heteroatoms. The predicted molar refractivity (Wildman–Crippen MR) is 84.0 cm³/mol. The second kappa shape index (κ2) is 6.21. The highest BCUT2D eigenvalue weighted by atomic mass is 32.2. The average Bonchev–Trinajstić information content (AvgIpc) is 3.01. The third-order valence-electron chi connectivity index (χ3n) is 3.73. The summed E-state index contributed by atoms with van der Waals surface area (Å²) in [7, 11) is -2.09. The van der Waals surface area contributed by atoms with Gasteiger partial charge in [-0.2, -0.15) is 4.31 Å². The molecule has 0 bridgehead atoms. The molecular formula is C15H19N3O4S. The summed E-state index contributed by atoms with van der Waals surface area (Å²) in [6.45, 7) is 3.82. The Bertz CT molecular complexity index is 801. The number of ether oxygens (including phenoxy) is 2. The molecule has 2 aromatic rings. The summed E-state index contributed by atoms with van der Waals surface area (Å²) < 4.78 is 39.5. The molecule has 0 saturated carbocycles. The van der Waals surface area contributed by atoms with Gasteiger partial charge in [0.15, 0.2) is 11.5 Å². The Morgan fingerprint density at radius 2 is 2.00 bits per heavy atom.